The van der Waals surface area contributed by atoms with Gasteiger partial charge in [-0.3, -0.25) is 23.9 Å². The Morgan fingerprint density at radius 2 is 1.53 bits per heavy atom. The van der Waals surface area contributed by atoms with Crippen LogP contribution in [-0.2, 0) is 38.9 Å². The second-order valence-corrected chi connectivity index (χ2v) is 13.2. The van der Waals surface area contributed by atoms with E-state index in [4.69, 9.17) is 28.4 Å². The minimum atomic E-state index is -1.07. The van der Waals surface area contributed by atoms with Crippen molar-refractivity contribution in [1.29, 1.82) is 0 Å². The van der Waals surface area contributed by atoms with Crippen LogP contribution in [0.3, 0.4) is 0 Å². The van der Waals surface area contributed by atoms with E-state index in [1.54, 1.807) is 14.2 Å². The quantitative estimate of drug-likeness (QED) is 0.0514. The van der Waals surface area contributed by atoms with Gasteiger partial charge in [-0.05, 0) is 54.0 Å². The molecule has 302 valence electrons. The number of rotatable bonds is 20. The number of H-pyrrole nitrogens is 1. The molecule has 0 bridgehead atoms. The number of aliphatic hydroxyl groups excluding tert-OH is 1. The highest BCUT2D eigenvalue weighted by Gasteiger charge is 2.38. The largest absolute Gasteiger partial charge is 0.497 e. The molecule has 4 aromatic rings. The smallest absolute Gasteiger partial charge is 0.330 e. The molecule has 57 heavy (non-hydrogen) atoms. The van der Waals surface area contributed by atoms with Crippen LogP contribution in [0.5, 0.6) is 11.5 Å². The first-order valence-electron chi connectivity index (χ1n) is 18.4. The third-order valence-corrected chi connectivity index (χ3v) is 9.28. The minimum absolute atomic E-state index is 0.00836. The number of carbonyl (C=O) groups excluding carboxylic acids is 3. The zero-order valence-electron chi connectivity index (χ0n) is 32.0. The number of aromatic nitrogens is 2. The first-order valence-corrected chi connectivity index (χ1v) is 18.4. The number of carbonyl (C=O) groups is 3. The summed E-state index contributed by atoms with van der Waals surface area (Å²) in [5.74, 6) is 0.138. The summed E-state index contributed by atoms with van der Waals surface area (Å²) >= 11 is 0. The van der Waals surface area contributed by atoms with Crippen LogP contribution >= 0.6 is 0 Å². The van der Waals surface area contributed by atoms with E-state index in [-0.39, 0.29) is 63.6 Å². The van der Waals surface area contributed by atoms with Crippen LogP contribution in [0.4, 0.5) is 0 Å². The van der Waals surface area contributed by atoms with Gasteiger partial charge in [0.2, 0.25) is 5.91 Å². The predicted octanol–water partition coefficient (Wildman–Crippen LogP) is 3.27. The molecule has 5 rings (SSSR count). The Kier molecular flexibility index (Phi) is 15.1. The van der Waals surface area contributed by atoms with Crippen LogP contribution in [0, 0.1) is 0 Å². The van der Waals surface area contributed by atoms with E-state index in [9.17, 15) is 29.1 Å². The highest BCUT2D eigenvalue weighted by molar-refractivity contribution is 5.91. The lowest BCUT2D eigenvalue weighted by Crippen LogP contribution is -2.34. The first kappa shape index (κ1) is 42.3. The number of ether oxygens (including phenoxy) is 6. The van der Waals surface area contributed by atoms with Gasteiger partial charge in [-0.2, -0.15) is 0 Å². The molecule has 1 saturated heterocycles. The van der Waals surface area contributed by atoms with Gasteiger partial charge in [0.1, 0.15) is 41.8 Å². The summed E-state index contributed by atoms with van der Waals surface area (Å²) in [6, 6.07) is 25.3. The van der Waals surface area contributed by atoms with E-state index in [1.807, 2.05) is 78.9 Å². The maximum atomic E-state index is 12.6. The van der Waals surface area contributed by atoms with Crippen LogP contribution < -0.4 is 26.0 Å². The van der Waals surface area contributed by atoms with Gasteiger partial charge in [-0.1, -0.05) is 54.6 Å². The number of methoxy groups -OCH3 is 2. The van der Waals surface area contributed by atoms with Gasteiger partial charge in [-0.25, -0.2) is 4.79 Å². The van der Waals surface area contributed by atoms with Crippen LogP contribution in [0.1, 0.15) is 54.7 Å². The number of amides is 1. The standard InChI is InChI=1S/C42H47N3O12/c1-28(46)9-20-39(49)55-27-36-35(47)25-38(57-36)45-26-29(40(50)44-41(45)51)10-19-37(48)43-21-22-54-23-24-56-42(30-7-5-4-6-8-30,31-11-15-33(52-2)16-12-31)32-13-17-34(53-3)18-14-32/h4-8,10-19,26,35-36,38,47H,9,20-25,27H2,1-3H3,(H,43,48)(H,44,50,51)/b19-10+/t35-,36+,38+/m0/s1. The van der Waals surface area contributed by atoms with E-state index >= 15 is 0 Å². The Hall–Kier alpha value is -5.87. The molecule has 3 aromatic carbocycles. The van der Waals surface area contributed by atoms with E-state index in [0.717, 1.165) is 27.3 Å². The number of nitrogens with one attached hydrogen (secondary N) is 2. The Balaban J connectivity index is 1.15. The molecular weight excluding hydrogens is 738 g/mol. The monoisotopic (exact) mass is 785 g/mol. The van der Waals surface area contributed by atoms with Crippen molar-refractivity contribution in [2.24, 2.45) is 0 Å². The molecule has 1 amide bonds. The highest BCUT2D eigenvalue weighted by Crippen LogP contribution is 2.41. The molecule has 0 unspecified atom stereocenters. The number of aliphatic hydroxyl groups is 1. The number of ketones is 1. The van der Waals surface area contributed by atoms with Gasteiger partial charge in [0, 0.05) is 31.7 Å². The Bertz CT molecular complexity index is 2050. The summed E-state index contributed by atoms with van der Waals surface area (Å²) in [7, 11) is 3.22. The second kappa shape index (κ2) is 20.3. The van der Waals surface area contributed by atoms with Crippen molar-refractivity contribution >= 4 is 23.7 Å². The predicted molar refractivity (Wildman–Crippen MR) is 208 cm³/mol. The van der Waals surface area contributed by atoms with Crippen molar-refractivity contribution in [3.05, 3.63) is 134 Å². The Morgan fingerprint density at radius 1 is 0.895 bits per heavy atom. The summed E-state index contributed by atoms with van der Waals surface area (Å²) < 4.78 is 35.3. The van der Waals surface area contributed by atoms with E-state index in [2.05, 4.69) is 10.3 Å². The fourth-order valence-electron chi connectivity index (χ4n) is 6.30. The van der Waals surface area contributed by atoms with Crippen molar-refractivity contribution in [2.45, 2.75) is 50.2 Å². The highest BCUT2D eigenvalue weighted by atomic mass is 16.6. The van der Waals surface area contributed by atoms with Crippen molar-refractivity contribution in [1.82, 2.24) is 14.9 Å². The average molecular weight is 786 g/mol. The maximum Gasteiger partial charge on any atom is 0.330 e. The zero-order valence-corrected chi connectivity index (χ0v) is 32.0. The van der Waals surface area contributed by atoms with Gasteiger partial charge in [-0.15, -0.1) is 0 Å². The SMILES string of the molecule is COc1ccc(C(OCCOCCNC(=O)/C=C/c2cn([C@H]3C[C@H](O)[C@@H](COC(=O)CCC(C)=O)O3)c(=O)[nH]c2=O)(c2ccccc2)c2ccc(OC)cc2)cc1. The number of hydrogen-bond donors (Lipinski definition) is 3. The number of hydrogen-bond acceptors (Lipinski definition) is 12. The van der Waals surface area contributed by atoms with Gasteiger partial charge in [0.05, 0.1) is 52.1 Å². The van der Waals surface area contributed by atoms with Crippen molar-refractivity contribution in [3.63, 3.8) is 0 Å². The lowest BCUT2D eigenvalue weighted by molar-refractivity contribution is -0.151. The van der Waals surface area contributed by atoms with Crippen LogP contribution in [0.25, 0.3) is 6.08 Å². The van der Waals surface area contributed by atoms with Gasteiger partial charge < -0.3 is 43.6 Å². The third kappa shape index (κ3) is 11.1. The summed E-state index contributed by atoms with van der Waals surface area (Å²) in [5, 5.41) is 13.1. The van der Waals surface area contributed by atoms with Crippen LogP contribution in [-0.4, -0.2) is 91.7 Å². The molecule has 2 heterocycles. The summed E-state index contributed by atoms with van der Waals surface area (Å²) in [5.41, 5.74) is 0.151. The van der Waals surface area contributed by atoms with Crippen molar-refractivity contribution in [2.75, 3.05) is 47.2 Å². The Labute approximate surface area is 329 Å². The average Bonchev–Trinajstić information content (AvgIpc) is 3.60. The Morgan fingerprint density at radius 3 is 2.14 bits per heavy atom. The number of aromatic amines is 1. The minimum Gasteiger partial charge on any atom is -0.497 e. The molecule has 15 nitrogen and oxygen atoms in total. The lowest BCUT2D eigenvalue weighted by atomic mass is 9.80. The van der Waals surface area contributed by atoms with E-state index < -0.39 is 47.2 Å². The number of Topliss-reactive ketones (excluding diaryl/α,β-unsaturated/α-hetero) is 1. The normalized spacial score (nSPS) is 16.7. The molecule has 1 fully saturated rings. The van der Waals surface area contributed by atoms with Crippen molar-refractivity contribution < 1.29 is 47.9 Å². The fourth-order valence-corrected chi connectivity index (χ4v) is 6.30. The van der Waals surface area contributed by atoms with E-state index in [0.29, 0.717) is 11.5 Å². The molecule has 1 aliphatic rings. The van der Waals surface area contributed by atoms with Crippen LogP contribution in [0.2, 0.25) is 0 Å². The fraction of sp³-hybridized carbons (Fsp3) is 0.357. The lowest BCUT2D eigenvalue weighted by Gasteiger charge is -2.36. The number of esters is 1. The summed E-state index contributed by atoms with van der Waals surface area (Å²) in [4.78, 5) is 62.9. The molecule has 1 aromatic heterocycles. The molecule has 1 aliphatic heterocycles. The molecule has 0 spiro atoms. The third-order valence-electron chi connectivity index (χ3n) is 9.28. The van der Waals surface area contributed by atoms with Crippen LogP contribution in [0.15, 0.2) is 101 Å². The zero-order chi connectivity index (χ0) is 40.8. The van der Waals surface area contributed by atoms with Gasteiger partial charge in [0.25, 0.3) is 5.56 Å². The molecule has 0 aliphatic carbocycles. The number of benzene rings is 3. The summed E-state index contributed by atoms with van der Waals surface area (Å²) in [6.45, 7) is 1.83. The molecule has 0 radical (unpaired) electrons. The summed E-state index contributed by atoms with van der Waals surface area (Å²) in [6.07, 6.45) is 0.566. The van der Waals surface area contributed by atoms with Gasteiger partial charge >= 0.3 is 11.7 Å². The maximum absolute atomic E-state index is 12.6. The molecule has 0 saturated carbocycles. The number of nitrogens with zero attached hydrogens (tertiary/aromatic N) is 1. The van der Waals surface area contributed by atoms with E-state index in [1.165, 1.54) is 19.2 Å². The topological polar surface area (TPSA) is 194 Å². The molecule has 15 heteroatoms. The molecule has 3 atom stereocenters. The van der Waals surface area contributed by atoms with Crippen molar-refractivity contribution in [3.8, 4) is 11.5 Å². The first-order chi connectivity index (χ1) is 27.5. The molecular formula is C42H47N3O12. The second-order valence-electron chi connectivity index (χ2n) is 13.2. The van der Waals surface area contributed by atoms with Gasteiger partial charge in [0.15, 0.2) is 0 Å². The molecule has 3 N–H and O–H groups in total.